The Morgan fingerprint density at radius 3 is 2.81 bits per heavy atom. The molecule has 0 unspecified atom stereocenters. The summed E-state index contributed by atoms with van der Waals surface area (Å²) in [6.45, 7) is 2.81. The molecule has 0 bridgehead atoms. The van der Waals surface area contributed by atoms with Crippen molar-refractivity contribution in [3.05, 3.63) is 35.7 Å². The summed E-state index contributed by atoms with van der Waals surface area (Å²) in [7, 11) is 3.89. The van der Waals surface area contributed by atoms with Crippen molar-refractivity contribution in [1.29, 1.82) is 0 Å². The molecule has 1 heterocycles. The highest BCUT2D eigenvalue weighted by molar-refractivity contribution is 5.56. The Morgan fingerprint density at radius 2 is 2.12 bits per heavy atom. The van der Waals surface area contributed by atoms with E-state index in [1.807, 2.05) is 24.7 Å². The van der Waals surface area contributed by atoms with E-state index in [2.05, 4.69) is 40.6 Å². The summed E-state index contributed by atoms with van der Waals surface area (Å²) in [5, 5.41) is 11.5. The van der Waals surface area contributed by atoms with Crippen LogP contribution in [-0.2, 0) is 13.6 Å². The van der Waals surface area contributed by atoms with Crippen LogP contribution in [0, 0.1) is 6.92 Å². The van der Waals surface area contributed by atoms with E-state index >= 15 is 0 Å². The van der Waals surface area contributed by atoms with Gasteiger partial charge < -0.3 is 9.88 Å². The third-order valence-electron chi connectivity index (χ3n) is 2.58. The third kappa shape index (κ3) is 1.97. The molecule has 1 aromatic heterocycles. The van der Waals surface area contributed by atoms with Gasteiger partial charge in [0, 0.05) is 12.6 Å². The van der Waals surface area contributed by atoms with Gasteiger partial charge in [-0.1, -0.05) is 23.8 Å². The molecule has 0 atom stereocenters. The molecule has 0 radical (unpaired) electrons. The van der Waals surface area contributed by atoms with Crippen LogP contribution in [0.5, 0.6) is 0 Å². The van der Waals surface area contributed by atoms with Crippen LogP contribution in [0.3, 0.4) is 0 Å². The minimum atomic E-state index is 0.731. The second kappa shape index (κ2) is 4.45. The first-order chi connectivity index (χ1) is 7.72. The average Bonchev–Trinajstić information content (AvgIpc) is 2.61. The highest BCUT2D eigenvalue weighted by atomic mass is 15.3. The molecule has 0 aliphatic rings. The molecular formula is C12H16N4. The Balaban J connectivity index is 2.41. The van der Waals surface area contributed by atoms with Crippen LogP contribution >= 0.6 is 0 Å². The van der Waals surface area contributed by atoms with Crippen molar-refractivity contribution in [2.45, 2.75) is 13.5 Å². The van der Waals surface area contributed by atoms with Gasteiger partial charge in [0.05, 0.1) is 6.54 Å². The number of nitrogens with one attached hydrogen (secondary N) is 1. The molecule has 0 aliphatic heterocycles. The van der Waals surface area contributed by atoms with Crippen LogP contribution in [0.1, 0.15) is 11.4 Å². The molecule has 4 nitrogen and oxygen atoms in total. The van der Waals surface area contributed by atoms with Gasteiger partial charge in [-0.15, -0.1) is 10.2 Å². The van der Waals surface area contributed by atoms with Crippen molar-refractivity contribution in [3.8, 4) is 11.4 Å². The van der Waals surface area contributed by atoms with Gasteiger partial charge in [0.2, 0.25) is 0 Å². The van der Waals surface area contributed by atoms with E-state index in [-0.39, 0.29) is 0 Å². The van der Waals surface area contributed by atoms with Gasteiger partial charge in [-0.05, 0) is 20.0 Å². The largest absolute Gasteiger partial charge is 0.313 e. The number of benzene rings is 1. The van der Waals surface area contributed by atoms with Gasteiger partial charge in [-0.2, -0.15) is 0 Å². The fraction of sp³-hybridized carbons (Fsp3) is 0.333. The average molecular weight is 216 g/mol. The molecule has 16 heavy (non-hydrogen) atoms. The van der Waals surface area contributed by atoms with E-state index in [1.54, 1.807) is 0 Å². The molecule has 2 aromatic rings. The lowest BCUT2D eigenvalue weighted by Gasteiger charge is -2.04. The standard InChI is InChI=1S/C12H16N4/c1-9-5-4-6-10(7-9)12-15-14-11(8-13-2)16(12)3/h4-7,13H,8H2,1-3H3. The molecule has 0 spiro atoms. The van der Waals surface area contributed by atoms with Crippen LogP contribution in [0.15, 0.2) is 24.3 Å². The molecule has 1 aromatic carbocycles. The Kier molecular flexibility index (Phi) is 3.01. The minimum Gasteiger partial charge on any atom is -0.313 e. The molecule has 0 amide bonds. The quantitative estimate of drug-likeness (QED) is 0.845. The topological polar surface area (TPSA) is 42.7 Å². The molecule has 1 N–H and O–H groups in total. The first kappa shape index (κ1) is 10.8. The molecule has 4 heteroatoms. The summed E-state index contributed by atoms with van der Waals surface area (Å²) in [6, 6.07) is 8.29. The molecule has 0 saturated carbocycles. The normalized spacial score (nSPS) is 10.7. The molecule has 84 valence electrons. The molecule has 2 rings (SSSR count). The molecule has 0 fully saturated rings. The number of rotatable bonds is 3. The number of hydrogen-bond acceptors (Lipinski definition) is 3. The van der Waals surface area contributed by atoms with E-state index in [0.717, 1.165) is 23.8 Å². The summed E-state index contributed by atoms with van der Waals surface area (Å²) < 4.78 is 2.02. The van der Waals surface area contributed by atoms with Gasteiger partial charge >= 0.3 is 0 Å². The van der Waals surface area contributed by atoms with E-state index < -0.39 is 0 Å². The maximum atomic E-state index is 4.22. The Hall–Kier alpha value is -1.68. The van der Waals surface area contributed by atoms with Gasteiger partial charge in [0.1, 0.15) is 5.82 Å². The number of hydrogen-bond donors (Lipinski definition) is 1. The summed E-state index contributed by atoms with van der Waals surface area (Å²) >= 11 is 0. The lowest BCUT2D eigenvalue weighted by atomic mass is 10.1. The SMILES string of the molecule is CNCc1nnc(-c2cccc(C)c2)n1C. The molecule has 0 aliphatic carbocycles. The predicted molar refractivity (Wildman–Crippen MR) is 63.9 cm³/mol. The second-order valence-corrected chi connectivity index (χ2v) is 3.90. The van der Waals surface area contributed by atoms with E-state index in [0.29, 0.717) is 0 Å². The fourth-order valence-corrected chi connectivity index (χ4v) is 1.71. The van der Waals surface area contributed by atoms with Crippen LogP contribution in [0.25, 0.3) is 11.4 Å². The number of aromatic nitrogens is 3. The Bertz CT molecular complexity index is 488. The van der Waals surface area contributed by atoms with Crippen molar-refractivity contribution < 1.29 is 0 Å². The Labute approximate surface area is 95.3 Å². The summed E-state index contributed by atoms with van der Waals surface area (Å²) in [5.41, 5.74) is 2.34. The monoisotopic (exact) mass is 216 g/mol. The Morgan fingerprint density at radius 1 is 1.31 bits per heavy atom. The van der Waals surface area contributed by atoms with Crippen LogP contribution < -0.4 is 5.32 Å². The first-order valence-electron chi connectivity index (χ1n) is 5.32. The van der Waals surface area contributed by atoms with Crippen LogP contribution in [0.4, 0.5) is 0 Å². The van der Waals surface area contributed by atoms with Crippen molar-refractivity contribution in [1.82, 2.24) is 20.1 Å². The van der Waals surface area contributed by atoms with Gasteiger partial charge in [0.25, 0.3) is 0 Å². The van der Waals surface area contributed by atoms with Gasteiger partial charge in [-0.25, -0.2) is 0 Å². The minimum absolute atomic E-state index is 0.731. The van der Waals surface area contributed by atoms with Crippen molar-refractivity contribution in [2.75, 3.05) is 7.05 Å². The smallest absolute Gasteiger partial charge is 0.163 e. The van der Waals surface area contributed by atoms with E-state index in [1.165, 1.54) is 5.56 Å². The lowest BCUT2D eigenvalue weighted by molar-refractivity contribution is 0.709. The second-order valence-electron chi connectivity index (χ2n) is 3.90. The van der Waals surface area contributed by atoms with Crippen molar-refractivity contribution in [2.24, 2.45) is 7.05 Å². The number of aryl methyl sites for hydroxylation is 1. The zero-order valence-electron chi connectivity index (χ0n) is 9.86. The molecular weight excluding hydrogens is 200 g/mol. The van der Waals surface area contributed by atoms with Gasteiger partial charge in [0.15, 0.2) is 5.82 Å². The maximum Gasteiger partial charge on any atom is 0.163 e. The van der Waals surface area contributed by atoms with Crippen molar-refractivity contribution >= 4 is 0 Å². The molecule has 0 saturated heterocycles. The predicted octanol–water partition coefficient (Wildman–Crippen LogP) is 1.51. The summed E-state index contributed by atoms with van der Waals surface area (Å²) in [6.07, 6.45) is 0. The van der Waals surface area contributed by atoms with Crippen LogP contribution in [0.2, 0.25) is 0 Å². The van der Waals surface area contributed by atoms with Crippen molar-refractivity contribution in [3.63, 3.8) is 0 Å². The van der Waals surface area contributed by atoms with Gasteiger partial charge in [-0.3, -0.25) is 0 Å². The highest BCUT2D eigenvalue weighted by Crippen LogP contribution is 2.18. The summed E-state index contributed by atoms with van der Waals surface area (Å²) in [4.78, 5) is 0. The maximum absolute atomic E-state index is 4.22. The summed E-state index contributed by atoms with van der Waals surface area (Å²) in [5.74, 6) is 1.85. The zero-order chi connectivity index (χ0) is 11.5. The highest BCUT2D eigenvalue weighted by Gasteiger charge is 2.09. The third-order valence-corrected chi connectivity index (χ3v) is 2.58. The first-order valence-corrected chi connectivity index (χ1v) is 5.32. The lowest BCUT2D eigenvalue weighted by Crippen LogP contribution is -2.10. The van der Waals surface area contributed by atoms with Crippen LogP contribution in [-0.4, -0.2) is 21.8 Å². The number of nitrogens with zero attached hydrogens (tertiary/aromatic N) is 3. The van der Waals surface area contributed by atoms with E-state index in [9.17, 15) is 0 Å². The zero-order valence-corrected chi connectivity index (χ0v) is 9.86. The van der Waals surface area contributed by atoms with E-state index in [4.69, 9.17) is 0 Å². The fourth-order valence-electron chi connectivity index (χ4n) is 1.71.